The highest BCUT2D eigenvalue weighted by Crippen LogP contribution is 2.31. The molecule has 1 aliphatic carbocycles. The van der Waals surface area contributed by atoms with Crippen LogP contribution in [0, 0.1) is 0 Å². The summed E-state index contributed by atoms with van der Waals surface area (Å²) in [7, 11) is 0. The summed E-state index contributed by atoms with van der Waals surface area (Å²) >= 11 is 0. The van der Waals surface area contributed by atoms with E-state index in [1.165, 1.54) is 25.6 Å². The van der Waals surface area contributed by atoms with Gasteiger partial charge in [0.15, 0.2) is 0 Å². The Labute approximate surface area is 182 Å². The lowest BCUT2D eigenvalue weighted by molar-refractivity contribution is 0.0493. The molecule has 2 fully saturated rings. The second-order valence-electron chi connectivity index (χ2n) is 8.34. The first kappa shape index (κ1) is 20.0. The largest absolute Gasteiger partial charge is 0.490 e. The minimum atomic E-state index is -0.367. The molecular formula is C24H28N4O3. The third-order valence-corrected chi connectivity index (χ3v) is 6.43. The molecule has 2 aliphatic rings. The highest BCUT2D eigenvalue weighted by Gasteiger charge is 2.29. The van der Waals surface area contributed by atoms with Crippen LogP contribution in [-0.4, -0.2) is 57.2 Å². The van der Waals surface area contributed by atoms with Gasteiger partial charge in [-0.1, -0.05) is 6.42 Å². The molecule has 0 unspecified atom stereocenters. The highest BCUT2D eigenvalue weighted by atomic mass is 16.5. The molecule has 0 radical (unpaired) electrons. The van der Waals surface area contributed by atoms with Crippen molar-refractivity contribution in [1.82, 2.24) is 19.4 Å². The zero-order chi connectivity index (χ0) is 21.2. The topological polar surface area (TPSA) is 69.5 Å². The molecule has 1 aliphatic heterocycles. The number of likely N-dealkylation sites (tertiary alicyclic amines) is 1. The van der Waals surface area contributed by atoms with Gasteiger partial charge in [-0.25, -0.2) is 14.8 Å². The molecular weight excluding hydrogens is 392 g/mol. The van der Waals surface area contributed by atoms with Gasteiger partial charge in [0.1, 0.15) is 23.9 Å². The number of benzene rings is 1. The zero-order valence-corrected chi connectivity index (χ0v) is 17.9. The first-order valence-electron chi connectivity index (χ1n) is 11.2. The summed E-state index contributed by atoms with van der Waals surface area (Å²) in [5.74, 6) is 0.472. The lowest BCUT2D eigenvalue weighted by Crippen LogP contribution is -2.46. The van der Waals surface area contributed by atoms with E-state index in [4.69, 9.17) is 9.47 Å². The van der Waals surface area contributed by atoms with Crippen LogP contribution in [0.2, 0.25) is 0 Å². The zero-order valence-electron chi connectivity index (χ0n) is 17.9. The number of fused-ring (bicyclic) bond motifs is 1. The lowest BCUT2D eigenvalue weighted by atomic mass is 9.90. The van der Waals surface area contributed by atoms with Crippen molar-refractivity contribution >= 4 is 16.9 Å². The summed E-state index contributed by atoms with van der Waals surface area (Å²) in [5.41, 5.74) is 2.07. The number of aromatic nitrogens is 3. The van der Waals surface area contributed by atoms with E-state index in [0.717, 1.165) is 54.3 Å². The summed E-state index contributed by atoms with van der Waals surface area (Å²) in [4.78, 5) is 23.4. The molecule has 3 aromatic rings. The predicted molar refractivity (Wildman–Crippen MR) is 118 cm³/mol. The number of nitrogens with zero attached hydrogens (tertiary/aromatic N) is 4. The first-order valence-corrected chi connectivity index (χ1v) is 11.2. The molecule has 0 atom stereocenters. The van der Waals surface area contributed by atoms with Crippen molar-refractivity contribution in [2.24, 2.45) is 0 Å². The van der Waals surface area contributed by atoms with Gasteiger partial charge in [0.2, 0.25) is 0 Å². The van der Waals surface area contributed by atoms with E-state index in [0.29, 0.717) is 12.3 Å². The third-order valence-electron chi connectivity index (χ3n) is 6.43. The van der Waals surface area contributed by atoms with Crippen molar-refractivity contribution in [3.63, 3.8) is 0 Å². The van der Waals surface area contributed by atoms with Crippen LogP contribution in [0.15, 0.2) is 43.0 Å². The van der Waals surface area contributed by atoms with Gasteiger partial charge in [-0.3, -0.25) is 0 Å². The van der Waals surface area contributed by atoms with Crippen LogP contribution in [-0.2, 0) is 4.74 Å². The Kier molecular flexibility index (Phi) is 5.59. The van der Waals surface area contributed by atoms with E-state index >= 15 is 0 Å². The van der Waals surface area contributed by atoms with E-state index in [-0.39, 0.29) is 12.1 Å². The van der Waals surface area contributed by atoms with Crippen LogP contribution in [0.1, 0.15) is 49.5 Å². The van der Waals surface area contributed by atoms with Crippen LogP contribution in [0.25, 0.3) is 16.6 Å². The van der Waals surface area contributed by atoms with E-state index in [1.807, 2.05) is 28.8 Å². The maximum Gasteiger partial charge on any atom is 0.355 e. The number of piperidine rings is 1. The number of esters is 1. The average Bonchev–Trinajstić information content (AvgIpc) is 3.14. The van der Waals surface area contributed by atoms with E-state index < -0.39 is 0 Å². The molecule has 1 saturated carbocycles. The lowest BCUT2D eigenvalue weighted by Gasteiger charge is -2.41. The number of ether oxygens (including phenoxy) is 2. The van der Waals surface area contributed by atoms with Crippen LogP contribution in [0.3, 0.4) is 0 Å². The summed E-state index contributed by atoms with van der Waals surface area (Å²) in [6, 6.07) is 8.64. The molecule has 0 amide bonds. The normalized spacial score (nSPS) is 18.1. The summed E-state index contributed by atoms with van der Waals surface area (Å²) in [6.07, 6.45) is 11.3. The number of hydrogen-bond acceptors (Lipinski definition) is 6. The minimum absolute atomic E-state index is 0.239. The monoisotopic (exact) mass is 420 g/mol. The molecule has 0 spiro atoms. The third kappa shape index (κ3) is 4.02. The molecule has 5 rings (SSSR count). The summed E-state index contributed by atoms with van der Waals surface area (Å²) in [6.45, 7) is 4.36. The maximum atomic E-state index is 12.6. The second-order valence-corrected chi connectivity index (χ2v) is 8.34. The van der Waals surface area contributed by atoms with Gasteiger partial charge in [-0.2, -0.15) is 0 Å². The molecule has 7 heteroatoms. The standard InChI is InChI=1S/C24H28N4O3/c1-2-30-24(29)23-13-17-12-21(6-7-22(17)28(23)19-14-25-16-26-15-19)31-20-8-10-27(11-9-20)18-4-3-5-18/h6-7,12-16,18,20H,2-5,8-11H2,1H3. The first-order chi connectivity index (χ1) is 15.2. The van der Waals surface area contributed by atoms with Crippen molar-refractivity contribution in [3.8, 4) is 11.4 Å². The molecule has 2 aromatic heterocycles. The Hall–Kier alpha value is -2.93. The molecule has 0 bridgehead atoms. The summed E-state index contributed by atoms with van der Waals surface area (Å²) < 4.78 is 13.4. The predicted octanol–water partition coefficient (Wildman–Crippen LogP) is 3.99. The number of hydrogen-bond donors (Lipinski definition) is 0. The fourth-order valence-electron chi connectivity index (χ4n) is 4.61. The van der Waals surface area contributed by atoms with Crippen LogP contribution in [0.5, 0.6) is 5.75 Å². The van der Waals surface area contributed by atoms with E-state index in [1.54, 1.807) is 19.3 Å². The number of rotatable bonds is 6. The van der Waals surface area contributed by atoms with Gasteiger partial charge < -0.3 is 18.9 Å². The Morgan fingerprint density at radius 3 is 2.55 bits per heavy atom. The fraction of sp³-hybridized carbons (Fsp3) is 0.458. The van der Waals surface area contributed by atoms with Gasteiger partial charge in [0.05, 0.1) is 30.2 Å². The van der Waals surface area contributed by atoms with Crippen molar-refractivity contribution in [1.29, 1.82) is 0 Å². The van der Waals surface area contributed by atoms with Crippen LogP contribution >= 0.6 is 0 Å². The van der Waals surface area contributed by atoms with Gasteiger partial charge in [0, 0.05) is 24.5 Å². The molecule has 0 N–H and O–H groups in total. The van der Waals surface area contributed by atoms with Crippen LogP contribution in [0.4, 0.5) is 0 Å². The van der Waals surface area contributed by atoms with Crippen molar-refractivity contribution in [2.45, 2.75) is 51.2 Å². The van der Waals surface area contributed by atoms with Gasteiger partial charge in [0.25, 0.3) is 0 Å². The Balaban J connectivity index is 1.39. The smallest absolute Gasteiger partial charge is 0.355 e. The number of carbonyl (C=O) groups excluding carboxylic acids is 1. The SMILES string of the molecule is CCOC(=O)c1cc2cc(OC3CCN(C4CCC4)CC3)ccc2n1-c1cncnc1. The summed E-state index contributed by atoms with van der Waals surface area (Å²) in [5, 5.41) is 0.927. The Morgan fingerprint density at radius 2 is 1.87 bits per heavy atom. The van der Waals surface area contributed by atoms with E-state index in [2.05, 4.69) is 14.9 Å². The highest BCUT2D eigenvalue weighted by molar-refractivity contribution is 5.97. The molecule has 31 heavy (non-hydrogen) atoms. The maximum absolute atomic E-state index is 12.6. The van der Waals surface area contributed by atoms with Gasteiger partial charge in [-0.15, -0.1) is 0 Å². The van der Waals surface area contributed by atoms with Crippen molar-refractivity contribution in [3.05, 3.63) is 48.7 Å². The van der Waals surface area contributed by atoms with Crippen molar-refractivity contribution < 1.29 is 14.3 Å². The Morgan fingerprint density at radius 1 is 1.10 bits per heavy atom. The molecule has 162 valence electrons. The Bertz CT molecular complexity index is 1050. The molecule has 7 nitrogen and oxygen atoms in total. The average molecular weight is 421 g/mol. The fourth-order valence-corrected chi connectivity index (χ4v) is 4.61. The second kappa shape index (κ2) is 8.67. The number of carbonyl (C=O) groups is 1. The van der Waals surface area contributed by atoms with E-state index in [9.17, 15) is 4.79 Å². The molecule has 3 heterocycles. The van der Waals surface area contributed by atoms with Gasteiger partial charge in [-0.05, 0) is 56.9 Å². The van der Waals surface area contributed by atoms with Crippen molar-refractivity contribution in [2.75, 3.05) is 19.7 Å². The molecule has 1 aromatic carbocycles. The molecule has 1 saturated heterocycles. The quantitative estimate of drug-likeness (QED) is 0.562. The minimum Gasteiger partial charge on any atom is -0.490 e. The van der Waals surface area contributed by atoms with Gasteiger partial charge >= 0.3 is 5.97 Å². The van der Waals surface area contributed by atoms with Crippen LogP contribution < -0.4 is 4.74 Å².